The minimum absolute atomic E-state index is 0.0636. The molecule has 0 nitrogen and oxygen atoms in total. The molecule has 0 fully saturated rings. The second kappa shape index (κ2) is 6.32. The van der Waals surface area contributed by atoms with Gasteiger partial charge >= 0.3 is 0 Å². The molecule has 1 aliphatic carbocycles. The lowest BCUT2D eigenvalue weighted by molar-refractivity contribution is 0.264. The second-order valence-corrected chi connectivity index (χ2v) is 9.09. The minimum atomic E-state index is -0.350. The van der Waals surface area contributed by atoms with E-state index in [1.807, 2.05) is 12.1 Å². The van der Waals surface area contributed by atoms with Gasteiger partial charge < -0.3 is 0 Å². The third-order valence-corrected chi connectivity index (χ3v) is 6.77. The summed E-state index contributed by atoms with van der Waals surface area (Å²) in [6, 6.07) is 22.9. The molecule has 2 heteroatoms. The van der Waals surface area contributed by atoms with Gasteiger partial charge in [0.1, 0.15) is 5.82 Å². The SMILES string of the molecule is CC1(C)Cc2c(ccc3c2ccc2ccccc23)CC1c1ccc(F)c(Cl)c1. The average molecular weight is 389 g/mol. The van der Waals surface area contributed by atoms with Crippen molar-refractivity contribution in [2.45, 2.75) is 32.6 Å². The molecule has 1 aliphatic rings. The fourth-order valence-electron chi connectivity index (χ4n) is 4.97. The third kappa shape index (κ3) is 2.72. The van der Waals surface area contributed by atoms with Crippen molar-refractivity contribution < 1.29 is 4.39 Å². The fourth-order valence-corrected chi connectivity index (χ4v) is 5.16. The van der Waals surface area contributed by atoms with E-state index in [0.717, 1.165) is 18.4 Å². The van der Waals surface area contributed by atoms with E-state index in [4.69, 9.17) is 11.6 Å². The molecule has 1 unspecified atom stereocenters. The zero-order valence-corrected chi connectivity index (χ0v) is 16.9. The van der Waals surface area contributed by atoms with Gasteiger partial charge in [-0.3, -0.25) is 0 Å². The first-order valence-electron chi connectivity index (χ1n) is 9.81. The molecule has 0 saturated heterocycles. The first kappa shape index (κ1) is 17.7. The Balaban J connectivity index is 1.67. The van der Waals surface area contributed by atoms with Crippen molar-refractivity contribution >= 4 is 33.1 Å². The number of halogens is 2. The van der Waals surface area contributed by atoms with Gasteiger partial charge in [-0.05, 0) is 74.5 Å². The van der Waals surface area contributed by atoms with Crippen LogP contribution < -0.4 is 0 Å². The highest BCUT2D eigenvalue weighted by atomic mass is 35.5. The van der Waals surface area contributed by atoms with Gasteiger partial charge in [0, 0.05) is 0 Å². The van der Waals surface area contributed by atoms with Crippen molar-refractivity contribution in [1.29, 1.82) is 0 Å². The van der Waals surface area contributed by atoms with Crippen LogP contribution in [0.15, 0.2) is 66.7 Å². The molecule has 0 bridgehead atoms. The number of hydrogen-bond acceptors (Lipinski definition) is 0. The monoisotopic (exact) mass is 388 g/mol. The van der Waals surface area contributed by atoms with E-state index in [0.29, 0.717) is 5.92 Å². The largest absolute Gasteiger partial charge is 0.205 e. The lowest BCUT2D eigenvalue weighted by atomic mass is 9.63. The molecule has 4 aromatic rings. The van der Waals surface area contributed by atoms with Gasteiger partial charge in [-0.15, -0.1) is 0 Å². The Morgan fingerprint density at radius 2 is 1.68 bits per heavy atom. The van der Waals surface area contributed by atoms with Crippen molar-refractivity contribution in [2.75, 3.05) is 0 Å². The van der Waals surface area contributed by atoms with E-state index >= 15 is 0 Å². The molecule has 0 aromatic heterocycles. The van der Waals surface area contributed by atoms with Crippen LogP contribution in [0.4, 0.5) is 4.39 Å². The summed E-state index contributed by atoms with van der Waals surface area (Å²) in [5.74, 6) is -0.0340. The van der Waals surface area contributed by atoms with Gasteiger partial charge in [-0.25, -0.2) is 4.39 Å². The van der Waals surface area contributed by atoms with Crippen LogP contribution in [0, 0.1) is 11.2 Å². The van der Waals surface area contributed by atoms with Gasteiger partial charge in [0.25, 0.3) is 0 Å². The Morgan fingerprint density at radius 3 is 2.50 bits per heavy atom. The predicted molar refractivity (Wildman–Crippen MR) is 117 cm³/mol. The molecule has 1 atom stereocenters. The van der Waals surface area contributed by atoms with Crippen LogP contribution in [0.2, 0.25) is 5.02 Å². The first-order chi connectivity index (χ1) is 13.4. The molecule has 0 aliphatic heterocycles. The highest BCUT2D eigenvalue weighted by Crippen LogP contribution is 2.48. The highest BCUT2D eigenvalue weighted by Gasteiger charge is 2.37. The van der Waals surface area contributed by atoms with Crippen LogP contribution in [0.1, 0.15) is 36.5 Å². The van der Waals surface area contributed by atoms with E-state index in [1.165, 1.54) is 38.7 Å². The molecule has 0 amide bonds. The Kier molecular flexibility index (Phi) is 4.00. The zero-order chi connectivity index (χ0) is 19.5. The van der Waals surface area contributed by atoms with Crippen molar-refractivity contribution in [2.24, 2.45) is 5.41 Å². The maximum Gasteiger partial charge on any atom is 0.141 e. The zero-order valence-electron chi connectivity index (χ0n) is 16.1. The summed E-state index contributed by atoms with van der Waals surface area (Å²) < 4.78 is 13.7. The molecule has 140 valence electrons. The maximum absolute atomic E-state index is 13.7. The first-order valence-corrected chi connectivity index (χ1v) is 10.2. The molecule has 0 radical (unpaired) electrons. The standard InChI is InChI=1S/C26H22ClF/c1-26(2)15-22-17(13-23(26)18-9-12-25(28)24(27)14-18)8-11-20-19-6-4-3-5-16(19)7-10-21(20)22/h3-12,14,23H,13,15H2,1-2H3. The van der Waals surface area contributed by atoms with Crippen molar-refractivity contribution in [3.05, 3.63) is 94.3 Å². The van der Waals surface area contributed by atoms with E-state index in [-0.39, 0.29) is 16.3 Å². The fraction of sp³-hybridized carbons (Fsp3) is 0.231. The van der Waals surface area contributed by atoms with Crippen LogP contribution in [0.3, 0.4) is 0 Å². The smallest absolute Gasteiger partial charge is 0.141 e. The molecule has 0 spiro atoms. The summed E-state index contributed by atoms with van der Waals surface area (Å²) in [7, 11) is 0. The Bertz CT molecular complexity index is 1220. The van der Waals surface area contributed by atoms with E-state index in [1.54, 1.807) is 0 Å². The lowest BCUT2D eigenvalue weighted by Gasteiger charge is -2.41. The molecular formula is C26H22ClF. The topological polar surface area (TPSA) is 0 Å². The third-order valence-electron chi connectivity index (χ3n) is 6.48. The van der Waals surface area contributed by atoms with Gasteiger partial charge in [-0.2, -0.15) is 0 Å². The predicted octanol–water partition coefficient (Wildman–Crippen LogP) is 7.69. The quantitative estimate of drug-likeness (QED) is 0.293. The van der Waals surface area contributed by atoms with Crippen LogP contribution in [-0.2, 0) is 12.8 Å². The average Bonchev–Trinajstić information content (AvgIpc) is 2.68. The summed E-state index contributed by atoms with van der Waals surface area (Å²) in [6.07, 6.45) is 1.95. The summed E-state index contributed by atoms with van der Waals surface area (Å²) in [5, 5.41) is 5.50. The van der Waals surface area contributed by atoms with Gasteiger partial charge in [0.05, 0.1) is 5.02 Å². The molecule has 0 heterocycles. The summed E-state index contributed by atoms with van der Waals surface area (Å²) in [6.45, 7) is 4.63. The van der Waals surface area contributed by atoms with E-state index in [2.05, 4.69) is 62.4 Å². The molecule has 4 aromatic carbocycles. The normalized spacial score (nSPS) is 18.4. The minimum Gasteiger partial charge on any atom is -0.205 e. The van der Waals surface area contributed by atoms with Gasteiger partial charge in [-0.1, -0.05) is 80.0 Å². The molecule has 28 heavy (non-hydrogen) atoms. The van der Waals surface area contributed by atoms with Crippen LogP contribution in [-0.4, -0.2) is 0 Å². The van der Waals surface area contributed by atoms with Crippen LogP contribution >= 0.6 is 11.6 Å². The van der Waals surface area contributed by atoms with E-state index < -0.39 is 0 Å². The number of fused-ring (bicyclic) bond motifs is 5. The molecule has 5 rings (SSSR count). The highest BCUT2D eigenvalue weighted by molar-refractivity contribution is 6.30. The van der Waals surface area contributed by atoms with Crippen molar-refractivity contribution in [3.8, 4) is 0 Å². The summed E-state index contributed by atoms with van der Waals surface area (Å²) in [5.41, 5.74) is 4.04. The second-order valence-electron chi connectivity index (χ2n) is 8.68. The molecule has 0 N–H and O–H groups in total. The summed E-state index contributed by atoms with van der Waals surface area (Å²) in [4.78, 5) is 0. The molecular weight excluding hydrogens is 367 g/mol. The van der Waals surface area contributed by atoms with E-state index in [9.17, 15) is 4.39 Å². The number of rotatable bonds is 1. The number of hydrogen-bond donors (Lipinski definition) is 0. The number of benzene rings is 4. The van der Waals surface area contributed by atoms with Crippen LogP contribution in [0.25, 0.3) is 21.5 Å². The Labute approximate surface area is 170 Å². The lowest BCUT2D eigenvalue weighted by Crippen LogP contribution is -2.31. The maximum atomic E-state index is 13.7. The van der Waals surface area contributed by atoms with Crippen molar-refractivity contribution in [3.63, 3.8) is 0 Å². The van der Waals surface area contributed by atoms with Crippen molar-refractivity contribution in [1.82, 2.24) is 0 Å². The summed E-state index contributed by atoms with van der Waals surface area (Å²) >= 11 is 6.08. The Hall–Kier alpha value is -2.38. The molecule has 0 saturated carbocycles. The van der Waals surface area contributed by atoms with Gasteiger partial charge in [0.15, 0.2) is 0 Å². The van der Waals surface area contributed by atoms with Crippen LogP contribution in [0.5, 0.6) is 0 Å². The Morgan fingerprint density at radius 1 is 0.893 bits per heavy atom. The van der Waals surface area contributed by atoms with Gasteiger partial charge in [0.2, 0.25) is 0 Å².